The van der Waals surface area contributed by atoms with Crippen molar-refractivity contribution in [3.63, 3.8) is 0 Å². The number of ether oxygens (including phenoxy) is 1. The minimum atomic E-state index is -4.12. The quantitative estimate of drug-likeness (QED) is 0.294. The fourth-order valence-corrected chi connectivity index (χ4v) is 5.77. The van der Waals surface area contributed by atoms with Crippen molar-refractivity contribution in [3.05, 3.63) is 88.4 Å². The Morgan fingerprint density at radius 3 is 2.23 bits per heavy atom. The lowest BCUT2D eigenvalue weighted by Crippen LogP contribution is -2.52. The molecule has 3 aromatic carbocycles. The van der Waals surface area contributed by atoms with E-state index in [-0.39, 0.29) is 23.4 Å². The van der Waals surface area contributed by atoms with E-state index in [0.29, 0.717) is 15.9 Å². The summed E-state index contributed by atoms with van der Waals surface area (Å²) in [4.78, 5) is 28.6. The van der Waals surface area contributed by atoms with Crippen LogP contribution >= 0.6 is 15.9 Å². The molecule has 3 rings (SSSR count). The van der Waals surface area contributed by atoms with Crippen LogP contribution < -0.4 is 14.4 Å². The van der Waals surface area contributed by atoms with E-state index in [9.17, 15) is 18.0 Å². The second kappa shape index (κ2) is 13.8. The molecule has 2 amide bonds. The van der Waals surface area contributed by atoms with Gasteiger partial charge in [-0.1, -0.05) is 58.7 Å². The minimum Gasteiger partial charge on any atom is -0.497 e. The van der Waals surface area contributed by atoms with Crippen LogP contribution in [0, 0.1) is 6.92 Å². The van der Waals surface area contributed by atoms with E-state index in [1.807, 2.05) is 32.9 Å². The van der Waals surface area contributed by atoms with Gasteiger partial charge in [0, 0.05) is 17.1 Å². The highest BCUT2D eigenvalue weighted by atomic mass is 79.9. The number of carbonyl (C=O) groups is 2. The lowest BCUT2D eigenvalue weighted by molar-refractivity contribution is -0.139. The monoisotopic (exact) mass is 629 g/mol. The molecule has 0 bridgehead atoms. The number of halogens is 1. The van der Waals surface area contributed by atoms with Gasteiger partial charge in [-0.3, -0.25) is 13.9 Å². The number of methoxy groups -OCH3 is 1. The zero-order valence-corrected chi connectivity index (χ0v) is 25.8. The van der Waals surface area contributed by atoms with Crippen LogP contribution in [0.2, 0.25) is 0 Å². The molecule has 3 aromatic rings. The average molecular weight is 631 g/mol. The number of benzene rings is 3. The molecule has 0 spiro atoms. The Morgan fingerprint density at radius 2 is 1.65 bits per heavy atom. The second-order valence-corrected chi connectivity index (χ2v) is 12.4. The SMILES string of the molecule is CC[C@H](C)NC(=O)[C@@H](C)N(Cc1ccc(OC)cc1)C(=O)CN(c1cccc(Br)c1)S(=O)(=O)c1ccc(C)cc1. The summed E-state index contributed by atoms with van der Waals surface area (Å²) in [6, 6.07) is 19.5. The van der Waals surface area contributed by atoms with E-state index in [1.165, 1.54) is 17.0 Å². The van der Waals surface area contributed by atoms with E-state index in [2.05, 4.69) is 21.2 Å². The van der Waals surface area contributed by atoms with Crippen molar-refractivity contribution in [2.75, 3.05) is 18.0 Å². The summed E-state index contributed by atoms with van der Waals surface area (Å²) in [5.41, 5.74) is 2.01. The highest BCUT2D eigenvalue weighted by Crippen LogP contribution is 2.27. The number of amides is 2. The molecule has 0 aromatic heterocycles. The molecule has 1 N–H and O–H groups in total. The summed E-state index contributed by atoms with van der Waals surface area (Å²) in [5, 5.41) is 2.93. The molecular formula is C30H36BrN3O5S. The van der Waals surface area contributed by atoms with Gasteiger partial charge in [-0.25, -0.2) is 8.42 Å². The first kappa shape index (κ1) is 31.2. The number of hydrogen-bond acceptors (Lipinski definition) is 5. The Hall–Kier alpha value is -3.37. The Bertz CT molecular complexity index is 1410. The van der Waals surface area contributed by atoms with E-state index in [4.69, 9.17) is 4.74 Å². The van der Waals surface area contributed by atoms with Crippen LogP contribution in [0.5, 0.6) is 5.75 Å². The molecule has 0 fully saturated rings. The summed E-state index contributed by atoms with van der Waals surface area (Å²) in [6.07, 6.45) is 0.732. The third-order valence-electron chi connectivity index (χ3n) is 6.66. The first-order valence-electron chi connectivity index (χ1n) is 13.0. The topological polar surface area (TPSA) is 96.0 Å². The highest BCUT2D eigenvalue weighted by molar-refractivity contribution is 9.10. The zero-order chi connectivity index (χ0) is 29.4. The Kier molecular flexibility index (Phi) is 10.8. The van der Waals surface area contributed by atoms with Crippen molar-refractivity contribution in [2.24, 2.45) is 0 Å². The van der Waals surface area contributed by atoms with Crippen LogP contribution in [-0.4, -0.2) is 50.9 Å². The first-order valence-corrected chi connectivity index (χ1v) is 15.3. The lowest BCUT2D eigenvalue weighted by atomic mass is 10.1. The van der Waals surface area contributed by atoms with Crippen LogP contribution in [0.1, 0.15) is 38.3 Å². The molecule has 0 aliphatic rings. The molecule has 0 saturated carbocycles. The fraction of sp³-hybridized carbons (Fsp3) is 0.333. The van der Waals surface area contributed by atoms with Gasteiger partial charge in [-0.2, -0.15) is 0 Å². The summed E-state index contributed by atoms with van der Waals surface area (Å²) in [6.45, 7) is 6.98. The molecule has 0 saturated heterocycles. The van der Waals surface area contributed by atoms with Crippen LogP contribution in [0.4, 0.5) is 5.69 Å². The normalized spacial score (nSPS) is 12.8. The minimum absolute atomic E-state index is 0.0649. The Labute approximate surface area is 245 Å². The van der Waals surface area contributed by atoms with Crippen molar-refractivity contribution in [3.8, 4) is 5.75 Å². The second-order valence-electron chi connectivity index (χ2n) is 9.67. The number of aryl methyl sites for hydroxylation is 1. The van der Waals surface area contributed by atoms with Gasteiger partial charge < -0.3 is 15.0 Å². The summed E-state index contributed by atoms with van der Waals surface area (Å²) >= 11 is 3.41. The molecule has 0 unspecified atom stereocenters. The van der Waals surface area contributed by atoms with Gasteiger partial charge >= 0.3 is 0 Å². The van der Waals surface area contributed by atoms with Gasteiger partial charge in [-0.05, 0) is 75.2 Å². The maximum atomic E-state index is 14.0. The van der Waals surface area contributed by atoms with E-state index >= 15 is 0 Å². The smallest absolute Gasteiger partial charge is 0.264 e. The lowest BCUT2D eigenvalue weighted by Gasteiger charge is -2.32. The van der Waals surface area contributed by atoms with Gasteiger partial charge in [0.05, 0.1) is 17.7 Å². The fourth-order valence-electron chi connectivity index (χ4n) is 3.97. The van der Waals surface area contributed by atoms with E-state index in [0.717, 1.165) is 21.9 Å². The maximum absolute atomic E-state index is 14.0. The third-order valence-corrected chi connectivity index (χ3v) is 8.95. The molecule has 0 radical (unpaired) electrons. The predicted octanol–water partition coefficient (Wildman–Crippen LogP) is 5.29. The molecule has 2 atom stereocenters. The summed E-state index contributed by atoms with van der Waals surface area (Å²) < 4.78 is 34.7. The van der Waals surface area contributed by atoms with Gasteiger partial charge in [0.15, 0.2) is 0 Å². The van der Waals surface area contributed by atoms with Gasteiger partial charge in [0.1, 0.15) is 18.3 Å². The van der Waals surface area contributed by atoms with Crippen LogP contribution in [-0.2, 0) is 26.2 Å². The van der Waals surface area contributed by atoms with Gasteiger partial charge in [0.2, 0.25) is 11.8 Å². The van der Waals surface area contributed by atoms with Crippen LogP contribution in [0.25, 0.3) is 0 Å². The standard InChI is InChI=1S/C30H36BrN3O5S/c1-6-22(3)32-30(36)23(4)33(19-24-12-14-27(39-5)15-13-24)29(35)20-34(26-9-7-8-25(31)18-26)40(37,38)28-16-10-21(2)11-17-28/h7-18,22-23H,6,19-20H2,1-5H3,(H,32,36)/t22-,23+/m0/s1. The average Bonchev–Trinajstić information content (AvgIpc) is 2.94. The zero-order valence-electron chi connectivity index (χ0n) is 23.4. The molecule has 40 heavy (non-hydrogen) atoms. The van der Waals surface area contributed by atoms with Crippen molar-refractivity contribution in [1.82, 2.24) is 10.2 Å². The van der Waals surface area contributed by atoms with E-state index in [1.54, 1.807) is 62.6 Å². The van der Waals surface area contributed by atoms with Gasteiger partial charge in [-0.15, -0.1) is 0 Å². The summed E-state index contributed by atoms with van der Waals surface area (Å²) in [5.74, 6) is -0.167. The number of anilines is 1. The maximum Gasteiger partial charge on any atom is 0.264 e. The predicted molar refractivity (Wildman–Crippen MR) is 161 cm³/mol. The van der Waals surface area contributed by atoms with E-state index < -0.39 is 28.5 Å². The largest absolute Gasteiger partial charge is 0.497 e. The number of sulfonamides is 1. The van der Waals surface area contributed by atoms with Crippen molar-refractivity contribution in [2.45, 2.75) is 57.6 Å². The van der Waals surface area contributed by atoms with Crippen molar-refractivity contribution >= 4 is 43.5 Å². The molecule has 214 valence electrons. The Balaban J connectivity index is 2.02. The number of hydrogen-bond donors (Lipinski definition) is 1. The molecule has 8 nitrogen and oxygen atoms in total. The molecule has 0 aliphatic carbocycles. The van der Waals surface area contributed by atoms with Gasteiger partial charge in [0.25, 0.3) is 10.0 Å². The third kappa shape index (κ3) is 7.85. The number of nitrogens with one attached hydrogen (secondary N) is 1. The number of rotatable bonds is 12. The molecular weight excluding hydrogens is 594 g/mol. The summed E-state index contributed by atoms with van der Waals surface area (Å²) in [7, 11) is -2.55. The number of nitrogens with zero attached hydrogens (tertiary/aromatic N) is 2. The highest BCUT2D eigenvalue weighted by Gasteiger charge is 2.32. The number of carbonyl (C=O) groups excluding carboxylic acids is 2. The molecule has 10 heteroatoms. The van der Waals surface area contributed by atoms with Crippen molar-refractivity contribution in [1.29, 1.82) is 0 Å². The van der Waals surface area contributed by atoms with Crippen molar-refractivity contribution < 1.29 is 22.7 Å². The first-order chi connectivity index (χ1) is 19.0. The van der Waals surface area contributed by atoms with Crippen LogP contribution in [0.15, 0.2) is 82.2 Å². The Morgan fingerprint density at radius 1 is 1.00 bits per heavy atom. The van der Waals surface area contributed by atoms with Crippen LogP contribution in [0.3, 0.4) is 0 Å². The molecule has 0 aliphatic heterocycles. The molecule has 0 heterocycles.